The molecule has 196 valence electrons. The van der Waals surface area contributed by atoms with E-state index in [1.165, 1.54) is 11.3 Å². The second-order valence-electron chi connectivity index (χ2n) is 9.35. The van der Waals surface area contributed by atoms with Crippen LogP contribution in [0, 0.1) is 25.7 Å². The summed E-state index contributed by atoms with van der Waals surface area (Å²) in [6, 6.07) is 18.2. The summed E-state index contributed by atoms with van der Waals surface area (Å²) in [5, 5.41) is 9.68. The molecule has 40 heavy (non-hydrogen) atoms. The summed E-state index contributed by atoms with van der Waals surface area (Å²) in [7, 11) is 0. The zero-order valence-electron chi connectivity index (χ0n) is 22.0. The first-order valence-corrected chi connectivity index (χ1v) is 13.5. The monoisotopic (exact) mass is 544 g/mol. The van der Waals surface area contributed by atoms with Gasteiger partial charge in [0.2, 0.25) is 0 Å². The first-order chi connectivity index (χ1) is 19.4. The number of hydrogen-bond donors (Lipinski definition) is 1. The summed E-state index contributed by atoms with van der Waals surface area (Å²) in [6.07, 6.45) is 5.12. The van der Waals surface area contributed by atoms with Crippen molar-refractivity contribution in [1.29, 1.82) is 0 Å². The van der Waals surface area contributed by atoms with Crippen molar-refractivity contribution in [1.82, 2.24) is 29.5 Å². The number of nitrogens with one attached hydrogen (secondary N) is 1. The molecule has 0 fully saturated rings. The first-order valence-electron chi connectivity index (χ1n) is 12.7. The van der Waals surface area contributed by atoms with Gasteiger partial charge in [-0.25, -0.2) is 14.5 Å². The van der Waals surface area contributed by atoms with Gasteiger partial charge in [0.05, 0.1) is 33.2 Å². The van der Waals surface area contributed by atoms with Crippen molar-refractivity contribution in [2.24, 2.45) is 0 Å². The minimum atomic E-state index is -0.516. The van der Waals surface area contributed by atoms with Gasteiger partial charge in [-0.3, -0.25) is 14.2 Å². The Morgan fingerprint density at radius 3 is 2.62 bits per heavy atom. The van der Waals surface area contributed by atoms with Gasteiger partial charge in [-0.1, -0.05) is 36.3 Å². The number of carbonyl (C=O) groups is 1. The van der Waals surface area contributed by atoms with Crippen LogP contribution in [0.25, 0.3) is 22.1 Å². The van der Waals surface area contributed by atoms with E-state index in [0.717, 1.165) is 15.3 Å². The van der Waals surface area contributed by atoms with E-state index in [-0.39, 0.29) is 11.5 Å². The highest BCUT2D eigenvalue weighted by Gasteiger charge is 2.23. The van der Waals surface area contributed by atoms with Crippen LogP contribution < -0.4 is 10.9 Å². The van der Waals surface area contributed by atoms with Crippen LogP contribution in [-0.2, 0) is 0 Å². The third kappa shape index (κ3) is 4.55. The smallest absolute Gasteiger partial charge is 0.264 e. The molecular weight excluding hydrogens is 520 g/mol. The van der Waals surface area contributed by atoms with E-state index in [1.807, 2.05) is 68.4 Å². The van der Waals surface area contributed by atoms with Crippen molar-refractivity contribution in [3.63, 3.8) is 0 Å². The topological polar surface area (TPSA) is 94.2 Å². The average molecular weight is 545 g/mol. The molecule has 0 radical (unpaired) electrons. The highest BCUT2D eigenvalue weighted by atomic mass is 32.1. The molecule has 6 rings (SSSR count). The highest BCUT2D eigenvalue weighted by Crippen LogP contribution is 2.24. The Morgan fingerprint density at radius 1 is 1.02 bits per heavy atom. The molecule has 0 aliphatic heterocycles. The maximum absolute atomic E-state index is 14.2. The normalized spacial score (nSPS) is 11.8. The number of thiazole rings is 1. The van der Waals surface area contributed by atoms with E-state index in [4.69, 9.17) is 0 Å². The number of hydrogen-bond acceptors (Lipinski definition) is 6. The minimum absolute atomic E-state index is 0.209. The summed E-state index contributed by atoms with van der Waals surface area (Å²) >= 11 is 1.51. The molecule has 1 atom stereocenters. The van der Waals surface area contributed by atoms with Crippen LogP contribution in [0.1, 0.15) is 50.2 Å². The lowest BCUT2D eigenvalue weighted by Gasteiger charge is -2.21. The van der Waals surface area contributed by atoms with Crippen LogP contribution in [-0.4, -0.2) is 30.1 Å². The quantitative estimate of drug-likeness (QED) is 0.315. The highest BCUT2D eigenvalue weighted by molar-refractivity contribution is 7.12. The van der Waals surface area contributed by atoms with Crippen molar-refractivity contribution in [2.75, 3.05) is 0 Å². The second kappa shape index (κ2) is 10.2. The predicted octanol–water partition coefficient (Wildman–Crippen LogP) is 5.00. The number of pyridine rings is 1. The maximum atomic E-state index is 14.2. The van der Waals surface area contributed by atoms with Gasteiger partial charge in [-0.15, -0.1) is 11.3 Å². The number of amides is 1. The number of benzene rings is 2. The van der Waals surface area contributed by atoms with Crippen LogP contribution >= 0.6 is 11.3 Å². The van der Waals surface area contributed by atoms with Crippen molar-refractivity contribution in [2.45, 2.75) is 26.8 Å². The number of aromatic nitrogens is 5. The molecule has 4 aromatic heterocycles. The Bertz CT molecular complexity index is 2030. The van der Waals surface area contributed by atoms with Gasteiger partial charge in [0.1, 0.15) is 5.56 Å². The van der Waals surface area contributed by atoms with Gasteiger partial charge >= 0.3 is 0 Å². The largest absolute Gasteiger partial charge is 0.344 e. The molecule has 9 heteroatoms. The van der Waals surface area contributed by atoms with Gasteiger partial charge in [0, 0.05) is 29.3 Å². The van der Waals surface area contributed by atoms with E-state index in [2.05, 4.69) is 32.2 Å². The number of aryl methyl sites for hydroxylation is 2. The Balaban J connectivity index is 1.48. The molecule has 4 heterocycles. The van der Waals surface area contributed by atoms with Gasteiger partial charge in [0.15, 0.2) is 5.65 Å². The van der Waals surface area contributed by atoms with E-state index in [9.17, 15) is 9.59 Å². The fourth-order valence-electron chi connectivity index (χ4n) is 4.80. The van der Waals surface area contributed by atoms with E-state index < -0.39 is 6.04 Å². The molecule has 1 unspecified atom stereocenters. The van der Waals surface area contributed by atoms with Crippen molar-refractivity contribution in [3.05, 3.63) is 122 Å². The Hall–Kier alpha value is -5.07. The molecule has 0 aliphatic carbocycles. The lowest BCUT2D eigenvalue weighted by molar-refractivity contribution is 0.0939. The number of rotatable bonds is 4. The van der Waals surface area contributed by atoms with E-state index >= 15 is 0 Å². The Kier molecular flexibility index (Phi) is 6.46. The van der Waals surface area contributed by atoms with E-state index in [0.29, 0.717) is 39.2 Å². The molecule has 0 spiro atoms. The van der Waals surface area contributed by atoms with Gasteiger partial charge in [-0.05, 0) is 62.4 Å². The number of nitrogens with zero attached hydrogens (tertiary/aromatic N) is 5. The first kappa shape index (κ1) is 25.2. The van der Waals surface area contributed by atoms with Gasteiger partial charge in [-0.2, -0.15) is 5.10 Å². The summed E-state index contributed by atoms with van der Waals surface area (Å²) in [5.41, 5.74) is 3.21. The van der Waals surface area contributed by atoms with Crippen molar-refractivity contribution in [3.8, 4) is 17.5 Å². The lowest BCUT2D eigenvalue weighted by atomic mass is 10.0. The molecule has 2 aromatic carbocycles. The standard InChI is InChI=1S/C31H24N6O2S/c1-19(34-30(38)27-20(2)35-36-16-8-15-32-29(27)36)26-17-23-10-7-9-22(13-14-25-18-33-21(3)40-25)28(23)31(39)37(26)24-11-5-4-6-12-24/h4-12,15-19H,1-3H3,(H,34,38). The fourth-order valence-corrected chi connectivity index (χ4v) is 5.43. The van der Waals surface area contributed by atoms with Crippen LogP contribution in [0.3, 0.4) is 0 Å². The molecule has 8 nitrogen and oxygen atoms in total. The Labute approximate surface area is 234 Å². The lowest BCUT2D eigenvalue weighted by Crippen LogP contribution is -2.32. The van der Waals surface area contributed by atoms with Gasteiger partial charge in [0.25, 0.3) is 11.5 Å². The van der Waals surface area contributed by atoms with Crippen LogP contribution in [0.2, 0.25) is 0 Å². The summed E-state index contributed by atoms with van der Waals surface area (Å²) in [5.74, 6) is 6.01. The predicted molar refractivity (Wildman–Crippen MR) is 156 cm³/mol. The number of carbonyl (C=O) groups excluding carboxylic acids is 1. The maximum Gasteiger partial charge on any atom is 0.264 e. The molecule has 0 bridgehead atoms. The average Bonchev–Trinajstić information content (AvgIpc) is 3.53. The third-order valence-corrected chi connectivity index (χ3v) is 7.45. The molecule has 0 saturated heterocycles. The molecule has 1 amide bonds. The second-order valence-corrected chi connectivity index (χ2v) is 10.6. The molecular formula is C31H24N6O2S. The van der Waals surface area contributed by atoms with E-state index in [1.54, 1.807) is 40.7 Å². The molecule has 0 saturated carbocycles. The minimum Gasteiger partial charge on any atom is -0.344 e. The molecule has 0 aliphatic rings. The summed E-state index contributed by atoms with van der Waals surface area (Å²) < 4.78 is 3.23. The van der Waals surface area contributed by atoms with Gasteiger partial charge < -0.3 is 5.32 Å². The Morgan fingerprint density at radius 2 is 1.85 bits per heavy atom. The SMILES string of the molecule is Cc1ncc(C#Cc2cccc3cc(C(C)NC(=O)c4c(C)nn5cccnc45)n(-c4ccccc4)c(=O)c23)s1. The van der Waals surface area contributed by atoms with Crippen LogP contribution in [0.5, 0.6) is 0 Å². The third-order valence-electron chi connectivity index (χ3n) is 6.62. The van der Waals surface area contributed by atoms with Crippen LogP contribution in [0.4, 0.5) is 0 Å². The molecule has 1 N–H and O–H groups in total. The molecule has 6 aromatic rings. The zero-order chi connectivity index (χ0) is 27.8. The number of fused-ring (bicyclic) bond motifs is 2. The van der Waals surface area contributed by atoms with Crippen LogP contribution in [0.15, 0.2) is 84.0 Å². The zero-order valence-corrected chi connectivity index (χ0v) is 22.9. The van der Waals surface area contributed by atoms with Crippen molar-refractivity contribution < 1.29 is 4.79 Å². The fraction of sp³-hybridized carbons (Fsp3) is 0.129. The summed E-state index contributed by atoms with van der Waals surface area (Å²) in [4.78, 5) is 37.1. The van der Waals surface area contributed by atoms with Crippen molar-refractivity contribution >= 4 is 33.7 Å². The summed E-state index contributed by atoms with van der Waals surface area (Å²) in [6.45, 7) is 5.57. The number of para-hydroxylation sites is 1.